The van der Waals surface area contributed by atoms with Gasteiger partial charge in [-0.3, -0.25) is 4.79 Å². The second-order valence-corrected chi connectivity index (χ2v) is 7.60. The van der Waals surface area contributed by atoms with Crippen LogP contribution in [0.5, 0.6) is 0 Å². The number of carbonyl (C=O) groups excluding carboxylic acids is 1. The molecule has 0 aliphatic rings. The molecule has 26 heavy (non-hydrogen) atoms. The highest BCUT2D eigenvalue weighted by molar-refractivity contribution is 7.10. The van der Waals surface area contributed by atoms with E-state index in [-0.39, 0.29) is 11.9 Å². The first-order valence-electron chi connectivity index (χ1n) is 8.72. The average Bonchev–Trinajstić information content (AvgIpc) is 3.28. The third kappa shape index (κ3) is 4.59. The topological polar surface area (TPSA) is 71.7 Å². The molecule has 0 bridgehead atoms. The summed E-state index contributed by atoms with van der Waals surface area (Å²) >= 11 is 1.71. The largest absolute Gasteiger partial charge is 0.360 e. The van der Waals surface area contributed by atoms with Crippen LogP contribution in [0.1, 0.15) is 47.6 Å². The van der Waals surface area contributed by atoms with Crippen LogP contribution in [0.3, 0.4) is 0 Å². The minimum absolute atomic E-state index is 0.0982. The van der Waals surface area contributed by atoms with Crippen LogP contribution in [0.4, 0.5) is 5.82 Å². The van der Waals surface area contributed by atoms with Gasteiger partial charge in [-0.05, 0) is 29.9 Å². The molecule has 3 N–H and O–H groups in total. The maximum absolute atomic E-state index is 12.2. The summed E-state index contributed by atoms with van der Waals surface area (Å²) in [4.78, 5) is 13.5. The number of nitrogens with one attached hydrogen (secondary N) is 1. The van der Waals surface area contributed by atoms with Crippen LogP contribution in [-0.2, 0) is 4.79 Å². The fourth-order valence-corrected chi connectivity index (χ4v) is 3.67. The van der Waals surface area contributed by atoms with Crippen molar-refractivity contribution in [2.75, 3.05) is 11.9 Å². The van der Waals surface area contributed by atoms with Gasteiger partial charge in [-0.15, -0.1) is 11.3 Å². The number of aromatic nitrogens is 1. The van der Waals surface area contributed by atoms with E-state index in [1.54, 1.807) is 24.3 Å². The Balaban J connectivity index is 1.70. The van der Waals surface area contributed by atoms with Crippen LogP contribution >= 0.6 is 11.3 Å². The van der Waals surface area contributed by atoms with E-state index >= 15 is 0 Å². The van der Waals surface area contributed by atoms with Crippen molar-refractivity contribution in [3.05, 3.63) is 69.6 Å². The molecule has 0 aliphatic heterocycles. The van der Waals surface area contributed by atoms with E-state index in [1.165, 1.54) is 16.0 Å². The van der Waals surface area contributed by atoms with Crippen molar-refractivity contribution in [1.82, 2.24) is 5.16 Å². The number of aryl methyl sites for hydroxylation is 1. The first-order chi connectivity index (χ1) is 12.5. The predicted octanol–water partition coefficient (Wildman–Crippen LogP) is 3.46. The summed E-state index contributed by atoms with van der Waals surface area (Å²) in [6.07, 6.45) is 0. The van der Waals surface area contributed by atoms with Gasteiger partial charge in [0, 0.05) is 11.6 Å². The zero-order valence-corrected chi connectivity index (χ0v) is 16.0. The SMILES string of the molecule is Cc1cc(NC(=O)C[NH2+][C@@H](c2ccc(C(C)C)cc2)c2cccs2)no1. The molecule has 2 aromatic heterocycles. The van der Waals surface area contributed by atoms with Crippen molar-refractivity contribution < 1.29 is 14.6 Å². The van der Waals surface area contributed by atoms with Crippen LogP contribution in [0, 0.1) is 6.92 Å². The molecule has 0 saturated heterocycles. The lowest BCUT2D eigenvalue weighted by Gasteiger charge is -2.15. The quantitative estimate of drug-likeness (QED) is 0.669. The monoisotopic (exact) mass is 370 g/mol. The minimum atomic E-state index is -0.0985. The number of benzene rings is 1. The van der Waals surface area contributed by atoms with E-state index in [0.717, 1.165) is 0 Å². The van der Waals surface area contributed by atoms with E-state index in [0.29, 0.717) is 24.0 Å². The normalized spacial score (nSPS) is 12.3. The first kappa shape index (κ1) is 18.4. The van der Waals surface area contributed by atoms with Crippen LogP contribution < -0.4 is 10.6 Å². The zero-order chi connectivity index (χ0) is 18.5. The summed E-state index contributed by atoms with van der Waals surface area (Å²) in [7, 11) is 0. The van der Waals surface area contributed by atoms with Crippen molar-refractivity contribution >= 4 is 23.1 Å². The van der Waals surface area contributed by atoms with Gasteiger partial charge in [-0.25, -0.2) is 0 Å². The number of anilines is 1. The van der Waals surface area contributed by atoms with Gasteiger partial charge in [-0.2, -0.15) is 0 Å². The van der Waals surface area contributed by atoms with Gasteiger partial charge in [0.05, 0.1) is 4.88 Å². The summed E-state index contributed by atoms with van der Waals surface area (Å²) < 4.78 is 4.98. The number of thiophene rings is 1. The predicted molar refractivity (Wildman–Crippen MR) is 103 cm³/mol. The molecule has 0 spiro atoms. The standard InChI is InChI=1S/C20H23N3O2S/c1-13(2)15-6-8-16(9-7-15)20(17-5-4-10-26-17)21-12-19(24)22-18-11-14(3)25-23-18/h4-11,13,20-21H,12H2,1-3H3,(H,22,23,24)/p+1/t20-/m0/s1. The maximum Gasteiger partial charge on any atom is 0.280 e. The van der Waals surface area contributed by atoms with Gasteiger partial charge < -0.3 is 15.2 Å². The number of nitrogens with two attached hydrogens (primary N) is 1. The molecule has 6 heteroatoms. The first-order valence-corrected chi connectivity index (χ1v) is 9.60. The average molecular weight is 370 g/mol. The Hall–Kier alpha value is -2.44. The summed E-state index contributed by atoms with van der Waals surface area (Å²) in [5.74, 6) is 1.53. The minimum Gasteiger partial charge on any atom is -0.360 e. The molecule has 0 radical (unpaired) electrons. The van der Waals surface area contributed by atoms with Crippen LogP contribution in [-0.4, -0.2) is 17.6 Å². The third-order valence-corrected chi connectivity index (χ3v) is 5.20. The van der Waals surface area contributed by atoms with E-state index in [4.69, 9.17) is 4.52 Å². The molecule has 0 unspecified atom stereocenters. The van der Waals surface area contributed by atoms with Crippen LogP contribution in [0.2, 0.25) is 0 Å². The molecule has 3 aromatic rings. The Morgan fingerprint density at radius 3 is 2.54 bits per heavy atom. The van der Waals surface area contributed by atoms with Crippen molar-refractivity contribution in [2.24, 2.45) is 0 Å². The fourth-order valence-electron chi connectivity index (χ4n) is 2.82. The molecule has 0 aliphatic carbocycles. The van der Waals surface area contributed by atoms with E-state index < -0.39 is 0 Å². The van der Waals surface area contributed by atoms with Gasteiger partial charge in [0.2, 0.25) is 0 Å². The third-order valence-electron chi connectivity index (χ3n) is 4.25. The van der Waals surface area contributed by atoms with E-state index in [1.807, 2.05) is 6.07 Å². The lowest BCUT2D eigenvalue weighted by atomic mass is 9.98. The molecule has 1 aromatic carbocycles. The number of rotatable bonds is 7. The Morgan fingerprint density at radius 1 is 1.23 bits per heavy atom. The zero-order valence-electron chi connectivity index (χ0n) is 15.2. The highest BCUT2D eigenvalue weighted by Gasteiger charge is 2.20. The summed E-state index contributed by atoms with van der Waals surface area (Å²) in [6.45, 7) is 6.48. The number of hydrogen-bond donors (Lipinski definition) is 2. The van der Waals surface area contributed by atoms with Crippen LogP contribution in [0.15, 0.2) is 52.4 Å². The smallest absolute Gasteiger partial charge is 0.280 e. The summed E-state index contributed by atoms with van der Waals surface area (Å²) in [5.41, 5.74) is 2.51. The van der Waals surface area contributed by atoms with Crippen molar-refractivity contribution in [3.8, 4) is 0 Å². The number of carbonyl (C=O) groups is 1. The molecule has 0 saturated carbocycles. The van der Waals surface area contributed by atoms with Gasteiger partial charge in [0.15, 0.2) is 12.4 Å². The Bertz CT molecular complexity index is 838. The summed E-state index contributed by atoms with van der Waals surface area (Å²) in [6, 6.07) is 14.6. The second kappa shape index (κ2) is 8.29. The molecule has 2 heterocycles. The van der Waals surface area contributed by atoms with Crippen molar-refractivity contribution in [1.29, 1.82) is 0 Å². The van der Waals surface area contributed by atoms with Gasteiger partial charge in [0.25, 0.3) is 5.91 Å². The Labute approximate surface area is 157 Å². The molecule has 1 amide bonds. The Kier molecular flexibility index (Phi) is 5.85. The van der Waals surface area contributed by atoms with Gasteiger partial charge in [-0.1, -0.05) is 49.3 Å². The number of hydrogen-bond acceptors (Lipinski definition) is 4. The highest BCUT2D eigenvalue weighted by atomic mass is 32.1. The van der Waals surface area contributed by atoms with Crippen molar-refractivity contribution in [2.45, 2.75) is 32.7 Å². The fraction of sp³-hybridized carbons (Fsp3) is 0.300. The Morgan fingerprint density at radius 2 is 1.96 bits per heavy atom. The molecular weight excluding hydrogens is 346 g/mol. The molecule has 3 rings (SSSR count). The number of quaternary nitrogens is 1. The lowest BCUT2D eigenvalue weighted by Crippen LogP contribution is -2.87. The maximum atomic E-state index is 12.2. The molecule has 136 valence electrons. The van der Waals surface area contributed by atoms with Gasteiger partial charge >= 0.3 is 0 Å². The van der Waals surface area contributed by atoms with Gasteiger partial charge in [0.1, 0.15) is 11.8 Å². The lowest BCUT2D eigenvalue weighted by molar-refractivity contribution is -0.675. The number of amides is 1. The molecular formula is C20H24N3O2S+. The number of nitrogens with zero attached hydrogens (tertiary/aromatic N) is 1. The van der Waals surface area contributed by atoms with Crippen molar-refractivity contribution in [3.63, 3.8) is 0 Å². The highest BCUT2D eigenvalue weighted by Crippen LogP contribution is 2.24. The summed E-state index contributed by atoms with van der Waals surface area (Å²) in [5, 5.41) is 10.7. The molecule has 0 fully saturated rings. The van der Waals surface area contributed by atoms with Crippen LogP contribution in [0.25, 0.3) is 0 Å². The second-order valence-electron chi connectivity index (χ2n) is 6.63. The van der Waals surface area contributed by atoms with E-state index in [9.17, 15) is 4.79 Å². The molecule has 1 atom stereocenters. The van der Waals surface area contributed by atoms with E-state index in [2.05, 4.69) is 65.3 Å². The molecule has 5 nitrogen and oxygen atoms in total.